The number of para-hydroxylation sites is 1. The van der Waals surface area contributed by atoms with Gasteiger partial charge >= 0.3 is 5.97 Å². The first-order valence-electron chi connectivity index (χ1n) is 8.43. The summed E-state index contributed by atoms with van der Waals surface area (Å²) in [5.41, 5.74) is -0.550. The number of nitrogens with zero attached hydrogens (tertiary/aromatic N) is 2. The van der Waals surface area contributed by atoms with Crippen molar-refractivity contribution in [3.63, 3.8) is 0 Å². The van der Waals surface area contributed by atoms with Crippen molar-refractivity contribution in [2.24, 2.45) is 17.3 Å². The van der Waals surface area contributed by atoms with Gasteiger partial charge in [-0.05, 0) is 24.0 Å². The van der Waals surface area contributed by atoms with Crippen LogP contribution in [0.4, 0.5) is 5.13 Å². The summed E-state index contributed by atoms with van der Waals surface area (Å²) in [5.74, 6) is -1.77. The zero-order chi connectivity index (χ0) is 18.9. The minimum Gasteiger partial charge on any atom is -0.483 e. The molecule has 26 heavy (non-hydrogen) atoms. The van der Waals surface area contributed by atoms with Gasteiger partial charge in [0.25, 0.3) is 0 Å². The number of carbonyl (C=O) groups excluding carboxylic acids is 1. The molecule has 1 aliphatic carbocycles. The van der Waals surface area contributed by atoms with E-state index in [0.717, 1.165) is 5.75 Å². The molecule has 8 heteroatoms. The minimum absolute atomic E-state index is 0.260. The Kier molecular flexibility index (Phi) is 4.95. The Morgan fingerprint density at radius 3 is 2.54 bits per heavy atom. The molecule has 1 aromatic carbocycles. The van der Waals surface area contributed by atoms with Crippen molar-refractivity contribution in [2.45, 2.75) is 33.3 Å². The highest BCUT2D eigenvalue weighted by Crippen LogP contribution is 2.58. The molecule has 0 aliphatic heterocycles. The topological polar surface area (TPSA) is 101 Å². The van der Waals surface area contributed by atoms with Gasteiger partial charge < -0.3 is 15.2 Å². The van der Waals surface area contributed by atoms with Crippen molar-refractivity contribution in [1.82, 2.24) is 10.2 Å². The first-order chi connectivity index (χ1) is 12.3. The maximum Gasteiger partial charge on any atom is 0.307 e. The van der Waals surface area contributed by atoms with Crippen LogP contribution >= 0.6 is 11.3 Å². The Hall–Kier alpha value is -2.48. The Bertz CT molecular complexity index is 806. The molecule has 0 unspecified atom stereocenters. The number of anilines is 1. The SMILES string of the molecule is CC[C@H](Oc1ccccc1)c1nnc(NC(=O)[C@@H]2[C@H](C(=O)O)C2(C)C)s1. The molecule has 1 aliphatic rings. The molecule has 1 fully saturated rings. The van der Waals surface area contributed by atoms with Gasteiger partial charge in [-0.3, -0.25) is 9.59 Å². The van der Waals surface area contributed by atoms with Gasteiger partial charge in [0.05, 0.1) is 11.8 Å². The first-order valence-corrected chi connectivity index (χ1v) is 9.25. The minimum atomic E-state index is -0.949. The molecule has 7 nitrogen and oxygen atoms in total. The van der Waals surface area contributed by atoms with E-state index in [2.05, 4.69) is 15.5 Å². The fourth-order valence-corrected chi connectivity index (χ4v) is 4.02. The molecule has 1 heterocycles. The quantitative estimate of drug-likeness (QED) is 0.769. The summed E-state index contributed by atoms with van der Waals surface area (Å²) in [6, 6.07) is 9.44. The molecule has 0 radical (unpaired) electrons. The van der Waals surface area contributed by atoms with Gasteiger partial charge in [-0.15, -0.1) is 10.2 Å². The molecule has 0 saturated heterocycles. The normalized spacial score (nSPS) is 21.7. The molecule has 2 N–H and O–H groups in total. The van der Waals surface area contributed by atoms with Crippen LogP contribution in [0.3, 0.4) is 0 Å². The highest BCUT2D eigenvalue weighted by molar-refractivity contribution is 7.15. The van der Waals surface area contributed by atoms with Crippen molar-refractivity contribution in [3.8, 4) is 5.75 Å². The van der Waals surface area contributed by atoms with Gasteiger partial charge in [-0.2, -0.15) is 0 Å². The smallest absolute Gasteiger partial charge is 0.307 e. The van der Waals surface area contributed by atoms with Crippen molar-refractivity contribution >= 4 is 28.3 Å². The van der Waals surface area contributed by atoms with E-state index in [0.29, 0.717) is 16.6 Å². The lowest BCUT2D eigenvalue weighted by atomic mass is 10.1. The molecule has 1 amide bonds. The summed E-state index contributed by atoms with van der Waals surface area (Å²) in [7, 11) is 0. The number of nitrogens with one attached hydrogen (secondary N) is 1. The highest BCUT2D eigenvalue weighted by Gasteiger charge is 2.66. The second-order valence-corrected chi connectivity index (χ2v) is 7.89. The molecule has 0 bridgehead atoms. The van der Waals surface area contributed by atoms with Crippen LogP contribution in [0.15, 0.2) is 30.3 Å². The Balaban J connectivity index is 1.66. The molecule has 0 spiro atoms. The van der Waals surface area contributed by atoms with E-state index >= 15 is 0 Å². The highest BCUT2D eigenvalue weighted by atomic mass is 32.1. The van der Waals surface area contributed by atoms with E-state index in [4.69, 9.17) is 4.74 Å². The number of benzene rings is 1. The zero-order valence-corrected chi connectivity index (χ0v) is 15.6. The molecule has 138 valence electrons. The number of ether oxygens (including phenoxy) is 1. The van der Waals surface area contributed by atoms with Gasteiger partial charge in [0.2, 0.25) is 11.0 Å². The van der Waals surface area contributed by atoms with E-state index in [9.17, 15) is 14.7 Å². The molecule has 3 atom stereocenters. The maximum atomic E-state index is 12.4. The second kappa shape index (κ2) is 7.03. The number of carbonyl (C=O) groups is 2. The van der Waals surface area contributed by atoms with Crippen LogP contribution in [0.25, 0.3) is 0 Å². The largest absolute Gasteiger partial charge is 0.483 e. The third-order valence-corrected chi connectivity index (χ3v) is 5.65. The number of amides is 1. The maximum absolute atomic E-state index is 12.4. The standard InChI is InChI=1S/C18H21N3O4S/c1-4-11(25-10-8-6-5-7-9-10)15-20-21-17(26-15)19-14(22)12-13(16(23)24)18(12,2)3/h5-9,11-13H,4H2,1-3H3,(H,23,24)(H,19,21,22)/t11-,12-,13+/m0/s1. The summed E-state index contributed by atoms with van der Waals surface area (Å²) in [6.45, 7) is 5.54. The van der Waals surface area contributed by atoms with Crippen molar-refractivity contribution in [1.29, 1.82) is 0 Å². The summed E-state index contributed by atoms with van der Waals surface area (Å²) < 4.78 is 5.93. The van der Waals surface area contributed by atoms with Crippen molar-refractivity contribution in [2.75, 3.05) is 5.32 Å². The van der Waals surface area contributed by atoms with Gasteiger partial charge in [0, 0.05) is 0 Å². The Morgan fingerprint density at radius 1 is 1.27 bits per heavy atom. The van der Waals surface area contributed by atoms with Crippen molar-refractivity contribution in [3.05, 3.63) is 35.3 Å². The van der Waals surface area contributed by atoms with E-state index in [1.54, 1.807) is 13.8 Å². The van der Waals surface area contributed by atoms with Crippen LogP contribution < -0.4 is 10.1 Å². The Labute approximate surface area is 155 Å². The first kappa shape index (κ1) is 18.3. The van der Waals surface area contributed by atoms with E-state index < -0.39 is 23.2 Å². The third kappa shape index (κ3) is 3.55. The summed E-state index contributed by atoms with van der Waals surface area (Å²) in [4.78, 5) is 23.6. The lowest BCUT2D eigenvalue weighted by molar-refractivity contribution is -0.140. The number of aromatic nitrogens is 2. The summed E-state index contributed by atoms with van der Waals surface area (Å²) in [5, 5.41) is 21.0. The van der Waals surface area contributed by atoms with Crippen LogP contribution in [0.1, 0.15) is 38.3 Å². The zero-order valence-electron chi connectivity index (χ0n) is 14.8. The molecular weight excluding hydrogens is 354 g/mol. The Morgan fingerprint density at radius 2 is 1.96 bits per heavy atom. The van der Waals surface area contributed by atoms with Gasteiger partial charge in [-0.1, -0.05) is 50.3 Å². The number of rotatable bonds is 7. The average Bonchev–Trinajstić information content (AvgIpc) is 2.94. The van der Waals surface area contributed by atoms with Crippen LogP contribution in [0, 0.1) is 17.3 Å². The van der Waals surface area contributed by atoms with Gasteiger partial charge in [-0.25, -0.2) is 0 Å². The van der Waals surface area contributed by atoms with Gasteiger partial charge in [0.1, 0.15) is 5.75 Å². The number of carboxylic acids is 1. The average molecular weight is 375 g/mol. The van der Waals surface area contributed by atoms with Crippen LogP contribution in [0.2, 0.25) is 0 Å². The lowest BCUT2D eigenvalue weighted by Gasteiger charge is -2.14. The lowest BCUT2D eigenvalue weighted by Crippen LogP contribution is -2.17. The van der Waals surface area contributed by atoms with Crippen LogP contribution in [0.5, 0.6) is 5.75 Å². The fraction of sp³-hybridized carbons (Fsp3) is 0.444. The predicted molar refractivity (Wildman–Crippen MR) is 97.0 cm³/mol. The van der Waals surface area contributed by atoms with E-state index in [1.807, 2.05) is 37.3 Å². The van der Waals surface area contributed by atoms with Gasteiger partial charge in [0.15, 0.2) is 11.1 Å². The summed E-state index contributed by atoms with van der Waals surface area (Å²) >= 11 is 1.24. The third-order valence-electron chi connectivity index (χ3n) is 4.71. The number of carboxylic acid groups (broad SMARTS) is 1. The van der Waals surface area contributed by atoms with E-state index in [-0.39, 0.29) is 12.0 Å². The second-order valence-electron chi connectivity index (χ2n) is 6.88. The molecular formula is C18H21N3O4S. The monoisotopic (exact) mass is 375 g/mol. The van der Waals surface area contributed by atoms with E-state index in [1.165, 1.54) is 11.3 Å². The fourth-order valence-electron chi connectivity index (χ4n) is 3.16. The molecule has 3 rings (SSSR count). The van der Waals surface area contributed by atoms with Crippen molar-refractivity contribution < 1.29 is 19.4 Å². The molecule has 1 aromatic heterocycles. The summed E-state index contributed by atoms with van der Waals surface area (Å²) in [6.07, 6.45) is 0.443. The molecule has 2 aromatic rings. The molecule has 1 saturated carbocycles. The number of hydrogen-bond acceptors (Lipinski definition) is 6. The number of hydrogen-bond donors (Lipinski definition) is 2. The number of aliphatic carboxylic acids is 1. The van der Waals surface area contributed by atoms with Crippen LogP contribution in [-0.4, -0.2) is 27.2 Å². The van der Waals surface area contributed by atoms with Crippen LogP contribution in [-0.2, 0) is 9.59 Å². The predicted octanol–water partition coefficient (Wildman–Crippen LogP) is 3.36.